The van der Waals surface area contributed by atoms with Gasteiger partial charge in [-0.3, -0.25) is 19.4 Å². The highest BCUT2D eigenvalue weighted by atomic mass is 19.4. The molecule has 3 aliphatic rings. The molecule has 5 aromatic rings. The first kappa shape index (κ1) is 40.4. The summed E-state index contributed by atoms with van der Waals surface area (Å²) in [4.78, 5) is 44.2. The van der Waals surface area contributed by atoms with E-state index < -0.39 is 71.5 Å². The second kappa shape index (κ2) is 15.6. The Kier molecular flexibility index (Phi) is 10.7. The first-order valence-electron chi connectivity index (χ1n) is 19.3. The molecule has 0 spiro atoms. The molecule has 14 nitrogen and oxygen atoms in total. The van der Waals surface area contributed by atoms with Crippen LogP contribution in [-0.4, -0.2) is 111 Å². The number of hydrogen-bond donors (Lipinski definition) is 4. The minimum atomic E-state index is -4.66. The molecule has 3 aromatic heterocycles. The van der Waals surface area contributed by atoms with Gasteiger partial charge in [0, 0.05) is 49.4 Å². The third kappa shape index (κ3) is 8.26. The second-order valence-electron chi connectivity index (χ2n) is 16.0. The number of carbonyl (C=O) groups is 2. The Hall–Kier alpha value is -5.43. The summed E-state index contributed by atoms with van der Waals surface area (Å²) in [5.41, 5.74) is -0.652. The Bertz CT molecular complexity index is 2290. The largest absolute Gasteiger partial charge is 0.490 e. The molecular formula is C41H43F4N7O7. The molecule has 8 rings (SSSR count). The van der Waals surface area contributed by atoms with Crippen molar-refractivity contribution in [1.29, 1.82) is 0 Å². The van der Waals surface area contributed by atoms with Gasteiger partial charge in [-0.15, -0.1) is 0 Å². The number of benzene rings is 2. The van der Waals surface area contributed by atoms with Crippen molar-refractivity contribution in [2.45, 2.75) is 68.6 Å². The molecular weight excluding hydrogens is 778 g/mol. The number of para-hydroxylation sites is 1. The van der Waals surface area contributed by atoms with Crippen molar-refractivity contribution in [2.24, 2.45) is 5.41 Å². The predicted octanol–water partition coefficient (Wildman–Crippen LogP) is 4.45. The fraction of sp³-hybridized carbons (Fsp3) is 0.439. The van der Waals surface area contributed by atoms with Gasteiger partial charge in [0.1, 0.15) is 49.0 Å². The molecule has 6 atom stereocenters. The molecule has 0 bridgehead atoms. The van der Waals surface area contributed by atoms with E-state index in [9.17, 15) is 37.4 Å². The topological polar surface area (TPSA) is 179 Å². The predicted molar refractivity (Wildman–Crippen MR) is 202 cm³/mol. The van der Waals surface area contributed by atoms with Gasteiger partial charge < -0.3 is 34.4 Å². The number of amides is 2. The van der Waals surface area contributed by atoms with Crippen LogP contribution in [0, 0.1) is 11.2 Å². The van der Waals surface area contributed by atoms with Crippen LogP contribution in [0.2, 0.25) is 0 Å². The SMILES string of the molecule is CC(C)(c1ncc(-c2ccc(F)cc2)o1)N1CCN(C[C@@H](O)C[C@]2(C(=O)N[C@H]3c4ccccc4OC[C@H]3O)C[C@H]2c2cc3cncnc3o2)[C@H](C(=O)NCC(F)(F)F)C1. The average molecular weight is 822 g/mol. The summed E-state index contributed by atoms with van der Waals surface area (Å²) in [5.74, 6) is -0.586. The number of hydrogen-bond acceptors (Lipinski definition) is 12. The monoisotopic (exact) mass is 821 g/mol. The molecule has 1 saturated heterocycles. The molecule has 312 valence electrons. The maximum Gasteiger partial charge on any atom is 0.405 e. The number of furan rings is 1. The number of nitrogens with zero attached hydrogens (tertiary/aromatic N) is 5. The van der Waals surface area contributed by atoms with Gasteiger partial charge >= 0.3 is 6.18 Å². The number of β-amino-alcohol motifs (C(OH)–C–C–N with tert-alkyl or cyclic N) is 1. The van der Waals surface area contributed by atoms with E-state index in [1.54, 1.807) is 53.6 Å². The summed E-state index contributed by atoms with van der Waals surface area (Å²) in [6.07, 6.45) is -2.35. The Morgan fingerprint density at radius 3 is 2.59 bits per heavy atom. The fourth-order valence-corrected chi connectivity index (χ4v) is 8.33. The number of aliphatic hydroxyl groups is 2. The van der Waals surface area contributed by atoms with Crippen LogP contribution in [0.15, 0.2) is 82.2 Å². The van der Waals surface area contributed by atoms with Crippen LogP contribution in [0.3, 0.4) is 0 Å². The summed E-state index contributed by atoms with van der Waals surface area (Å²) < 4.78 is 71.4. The van der Waals surface area contributed by atoms with Crippen LogP contribution in [0.4, 0.5) is 17.6 Å². The minimum absolute atomic E-state index is 0.0464. The van der Waals surface area contributed by atoms with Gasteiger partial charge in [0.2, 0.25) is 23.4 Å². The average Bonchev–Trinajstić information content (AvgIpc) is 3.49. The summed E-state index contributed by atoms with van der Waals surface area (Å²) in [6, 6.07) is 12.5. The van der Waals surface area contributed by atoms with Gasteiger partial charge in [-0.05, 0) is 63.1 Å². The molecule has 4 N–H and O–H groups in total. The van der Waals surface area contributed by atoms with Crippen LogP contribution in [0.25, 0.3) is 22.4 Å². The molecule has 59 heavy (non-hydrogen) atoms. The van der Waals surface area contributed by atoms with E-state index in [1.165, 1.54) is 24.7 Å². The smallest absolute Gasteiger partial charge is 0.405 e. The van der Waals surface area contributed by atoms with E-state index in [-0.39, 0.29) is 45.0 Å². The zero-order valence-electron chi connectivity index (χ0n) is 32.2. The number of oxazole rings is 1. The van der Waals surface area contributed by atoms with Gasteiger partial charge in [-0.25, -0.2) is 19.3 Å². The number of nitrogens with one attached hydrogen (secondary N) is 2. The molecule has 2 amide bonds. The molecule has 1 saturated carbocycles. The Balaban J connectivity index is 1.03. The lowest BCUT2D eigenvalue weighted by atomic mass is 9.90. The number of halogens is 4. The molecule has 18 heteroatoms. The molecule has 2 aliphatic heterocycles. The van der Waals surface area contributed by atoms with Gasteiger partial charge in [0.05, 0.1) is 34.7 Å². The molecule has 5 heterocycles. The zero-order chi connectivity index (χ0) is 41.7. The van der Waals surface area contributed by atoms with Gasteiger partial charge in [-0.1, -0.05) is 18.2 Å². The third-order valence-electron chi connectivity index (χ3n) is 11.7. The number of aromatic nitrogens is 3. The van der Waals surface area contributed by atoms with E-state index in [4.69, 9.17) is 13.6 Å². The van der Waals surface area contributed by atoms with Crippen molar-refractivity contribution in [3.63, 3.8) is 0 Å². The Morgan fingerprint density at radius 2 is 1.83 bits per heavy atom. The van der Waals surface area contributed by atoms with Crippen molar-refractivity contribution < 1.29 is 50.9 Å². The van der Waals surface area contributed by atoms with E-state index in [1.807, 2.05) is 24.1 Å². The quantitative estimate of drug-likeness (QED) is 0.130. The highest BCUT2D eigenvalue weighted by Crippen LogP contribution is 2.63. The Morgan fingerprint density at radius 1 is 1.05 bits per heavy atom. The van der Waals surface area contributed by atoms with Crippen molar-refractivity contribution in [3.8, 4) is 17.1 Å². The standard InChI is InChI=1S/C41H43F4N7O7/c1-39(2,38-47-17-33(59-38)23-7-9-25(42)10-8-23)52-12-11-51(29(19-52)35(55)48-21-41(43,44)45)18-26(53)14-40(15-28(40)32-13-24-16-46-22-49-36(24)58-32)37(56)50-34-27-5-3-4-6-31(27)57-20-30(34)54/h3-10,13,16-17,22,26,28-30,34,53-54H,11-12,14-15,18-21H2,1-2H3,(H,48,55)(H,50,56)/t26-,28-,29-,30+,34-,40-/m0/s1. The van der Waals surface area contributed by atoms with Crippen LogP contribution < -0.4 is 15.4 Å². The lowest BCUT2D eigenvalue weighted by Crippen LogP contribution is -2.63. The molecule has 2 aromatic carbocycles. The summed E-state index contributed by atoms with van der Waals surface area (Å²) in [5, 5.41) is 28.4. The van der Waals surface area contributed by atoms with E-state index in [2.05, 4.69) is 20.3 Å². The number of ether oxygens (including phenoxy) is 1. The Labute approximate surface area is 335 Å². The van der Waals surface area contributed by atoms with Crippen molar-refractivity contribution in [3.05, 3.63) is 96.3 Å². The first-order valence-corrected chi connectivity index (χ1v) is 19.3. The normalized spacial score (nSPS) is 24.3. The number of aliphatic hydroxyl groups excluding tert-OH is 2. The number of rotatable bonds is 12. The summed E-state index contributed by atoms with van der Waals surface area (Å²) >= 11 is 0. The molecule has 2 fully saturated rings. The maximum atomic E-state index is 14.5. The van der Waals surface area contributed by atoms with Crippen molar-refractivity contribution in [2.75, 3.05) is 39.3 Å². The number of fused-ring (bicyclic) bond motifs is 2. The van der Waals surface area contributed by atoms with Crippen LogP contribution >= 0.6 is 0 Å². The maximum absolute atomic E-state index is 14.5. The van der Waals surface area contributed by atoms with Gasteiger partial charge in [0.25, 0.3) is 0 Å². The second-order valence-corrected chi connectivity index (χ2v) is 16.0. The molecule has 1 aliphatic carbocycles. The number of alkyl halides is 3. The van der Waals surface area contributed by atoms with Crippen LogP contribution in [-0.2, 0) is 15.1 Å². The van der Waals surface area contributed by atoms with E-state index in [0.717, 1.165) is 0 Å². The highest BCUT2D eigenvalue weighted by Gasteiger charge is 2.63. The van der Waals surface area contributed by atoms with Gasteiger partial charge in [-0.2, -0.15) is 13.2 Å². The van der Waals surface area contributed by atoms with E-state index in [0.29, 0.717) is 46.0 Å². The number of carbonyl (C=O) groups excluding carboxylic acids is 2. The van der Waals surface area contributed by atoms with Gasteiger partial charge in [0.15, 0.2) is 5.76 Å². The fourth-order valence-electron chi connectivity index (χ4n) is 8.33. The van der Waals surface area contributed by atoms with Crippen molar-refractivity contribution in [1.82, 2.24) is 35.4 Å². The highest BCUT2D eigenvalue weighted by molar-refractivity contribution is 5.88. The molecule has 0 radical (unpaired) electrons. The number of piperazine rings is 1. The lowest BCUT2D eigenvalue weighted by Gasteiger charge is -2.46. The lowest BCUT2D eigenvalue weighted by molar-refractivity contribution is -0.145. The summed E-state index contributed by atoms with van der Waals surface area (Å²) in [6.45, 7) is 2.31. The zero-order valence-corrected chi connectivity index (χ0v) is 32.2. The third-order valence-corrected chi connectivity index (χ3v) is 11.7. The van der Waals surface area contributed by atoms with Crippen molar-refractivity contribution >= 4 is 22.9 Å². The molecule has 0 unspecified atom stereocenters. The van der Waals surface area contributed by atoms with E-state index >= 15 is 0 Å². The first-order chi connectivity index (χ1) is 28.1. The summed E-state index contributed by atoms with van der Waals surface area (Å²) in [7, 11) is 0. The van der Waals surface area contributed by atoms with Crippen LogP contribution in [0.1, 0.15) is 55.9 Å². The minimum Gasteiger partial charge on any atom is -0.490 e. The van der Waals surface area contributed by atoms with Crippen LogP contribution in [0.5, 0.6) is 5.75 Å².